The maximum absolute atomic E-state index is 5.81. The van der Waals surface area contributed by atoms with Crippen LogP contribution in [0.4, 0.5) is 0 Å². The number of pyridine rings is 1. The highest BCUT2D eigenvalue weighted by molar-refractivity contribution is 6.32. The Labute approximate surface area is 110 Å². The second-order valence-electron chi connectivity index (χ2n) is 3.51. The number of para-hydroxylation sites is 1. The van der Waals surface area contributed by atoms with Crippen LogP contribution in [-0.2, 0) is 6.42 Å². The molecule has 0 aliphatic carbocycles. The molecule has 0 spiro atoms. The van der Waals surface area contributed by atoms with Crippen molar-refractivity contribution in [3.05, 3.63) is 52.3 Å². The summed E-state index contributed by atoms with van der Waals surface area (Å²) in [5.74, 6) is 1.41. The van der Waals surface area contributed by atoms with Gasteiger partial charge in [0.05, 0.1) is 0 Å². The van der Waals surface area contributed by atoms with Crippen LogP contribution in [-0.4, -0.2) is 4.98 Å². The zero-order valence-electron chi connectivity index (χ0n) is 9.28. The van der Waals surface area contributed by atoms with E-state index in [0.717, 1.165) is 17.7 Å². The van der Waals surface area contributed by atoms with Crippen molar-refractivity contribution in [3.8, 4) is 11.5 Å². The Hall–Kier alpha value is -1.25. The van der Waals surface area contributed by atoms with E-state index in [1.807, 2.05) is 24.3 Å². The summed E-state index contributed by atoms with van der Waals surface area (Å²) in [6.45, 7) is 2.08. The number of rotatable bonds is 3. The largest absolute Gasteiger partial charge is 0.457 e. The molecule has 2 aromatic rings. The minimum atomic E-state index is 0.321. The molecule has 0 unspecified atom stereocenters. The average Bonchev–Trinajstić information content (AvgIpc) is 2.28. The Balaban J connectivity index is 2.31. The fourth-order valence-electron chi connectivity index (χ4n) is 1.52. The minimum Gasteiger partial charge on any atom is -0.457 e. The topological polar surface area (TPSA) is 22.1 Å². The molecule has 1 aromatic carbocycles. The van der Waals surface area contributed by atoms with Crippen LogP contribution in [0, 0.1) is 0 Å². The van der Waals surface area contributed by atoms with Gasteiger partial charge in [-0.05, 0) is 18.1 Å². The molecule has 0 amide bonds. The van der Waals surface area contributed by atoms with Crippen molar-refractivity contribution in [2.75, 3.05) is 0 Å². The molecule has 1 heterocycles. The normalized spacial score (nSPS) is 10.3. The van der Waals surface area contributed by atoms with Crippen molar-refractivity contribution in [2.45, 2.75) is 13.3 Å². The maximum atomic E-state index is 5.81. The van der Waals surface area contributed by atoms with Crippen LogP contribution in [0.5, 0.6) is 11.5 Å². The van der Waals surface area contributed by atoms with Gasteiger partial charge in [-0.1, -0.05) is 48.3 Å². The Morgan fingerprint density at radius 2 is 1.76 bits per heavy atom. The number of aryl methyl sites for hydroxylation is 1. The first-order valence-electron chi connectivity index (χ1n) is 5.28. The second kappa shape index (κ2) is 5.39. The van der Waals surface area contributed by atoms with Crippen LogP contribution >= 0.6 is 23.2 Å². The predicted molar refractivity (Wildman–Crippen MR) is 70.2 cm³/mol. The molecule has 4 heteroatoms. The van der Waals surface area contributed by atoms with Gasteiger partial charge in [-0.15, -0.1) is 0 Å². The van der Waals surface area contributed by atoms with Crippen LogP contribution in [0.2, 0.25) is 10.3 Å². The van der Waals surface area contributed by atoms with E-state index < -0.39 is 0 Å². The first-order valence-corrected chi connectivity index (χ1v) is 6.03. The van der Waals surface area contributed by atoms with E-state index in [1.54, 1.807) is 12.1 Å². The minimum absolute atomic E-state index is 0.321. The Morgan fingerprint density at radius 3 is 2.41 bits per heavy atom. The van der Waals surface area contributed by atoms with Gasteiger partial charge >= 0.3 is 0 Å². The van der Waals surface area contributed by atoms with E-state index in [1.165, 1.54) is 0 Å². The molecular formula is C13H11Cl2NO. The number of halogens is 2. The molecule has 0 saturated heterocycles. The number of benzene rings is 1. The Bertz CT molecular complexity index is 508. The van der Waals surface area contributed by atoms with E-state index in [0.29, 0.717) is 16.1 Å². The van der Waals surface area contributed by atoms with Crippen LogP contribution in [0.3, 0.4) is 0 Å². The van der Waals surface area contributed by atoms with Gasteiger partial charge in [-0.2, -0.15) is 0 Å². The molecule has 0 radical (unpaired) electrons. The van der Waals surface area contributed by atoms with Crippen molar-refractivity contribution in [1.82, 2.24) is 4.98 Å². The number of hydrogen-bond acceptors (Lipinski definition) is 2. The molecule has 0 atom stereocenters. The molecule has 2 rings (SSSR count). The third kappa shape index (κ3) is 3.11. The Kier molecular flexibility index (Phi) is 3.87. The van der Waals surface area contributed by atoms with Gasteiger partial charge in [-0.3, -0.25) is 0 Å². The molecule has 0 saturated carbocycles. The lowest BCUT2D eigenvalue weighted by Crippen LogP contribution is -1.90. The molecule has 0 aliphatic heterocycles. The van der Waals surface area contributed by atoms with Gasteiger partial charge in [0.25, 0.3) is 0 Å². The summed E-state index contributed by atoms with van der Waals surface area (Å²) in [5, 5.41) is 0.642. The lowest BCUT2D eigenvalue weighted by Gasteiger charge is -2.10. The zero-order chi connectivity index (χ0) is 12.3. The Morgan fingerprint density at radius 1 is 1.12 bits per heavy atom. The molecule has 1 aromatic heterocycles. The highest BCUT2D eigenvalue weighted by Crippen LogP contribution is 2.28. The zero-order valence-corrected chi connectivity index (χ0v) is 10.8. The van der Waals surface area contributed by atoms with Gasteiger partial charge in [0.1, 0.15) is 21.8 Å². The number of hydrogen-bond donors (Lipinski definition) is 0. The van der Waals surface area contributed by atoms with E-state index >= 15 is 0 Å². The van der Waals surface area contributed by atoms with Crippen LogP contribution in [0.15, 0.2) is 36.4 Å². The van der Waals surface area contributed by atoms with Crippen molar-refractivity contribution in [2.24, 2.45) is 0 Å². The van der Waals surface area contributed by atoms with Crippen LogP contribution < -0.4 is 4.74 Å². The van der Waals surface area contributed by atoms with Gasteiger partial charge in [0, 0.05) is 12.1 Å². The molecule has 0 fully saturated rings. The van der Waals surface area contributed by atoms with Crippen molar-refractivity contribution in [3.63, 3.8) is 0 Å². The van der Waals surface area contributed by atoms with Gasteiger partial charge < -0.3 is 4.74 Å². The van der Waals surface area contributed by atoms with E-state index in [4.69, 9.17) is 27.9 Å². The highest BCUT2D eigenvalue weighted by Gasteiger charge is 2.05. The van der Waals surface area contributed by atoms with Gasteiger partial charge in [-0.25, -0.2) is 4.98 Å². The SMILES string of the molecule is CCc1ccccc1Oc1cc(Cl)nc(Cl)c1. The molecule has 0 aliphatic rings. The molecule has 0 N–H and O–H groups in total. The first kappa shape index (κ1) is 12.2. The lowest BCUT2D eigenvalue weighted by atomic mass is 10.1. The summed E-state index contributed by atoms with van der Waals surface area (Å²) >= 11 is 11.6. The summed E-state index contributed by atoms with van der Waals surface area (Å²) < 4.78 is 5.75. The van der Waals surface area contributed by atoms with Gasteiger partial charge in [0.15, 0.2) is 0 Å². The average molecular weight is 268 g/mol. The number of nitrogens with zero attached hydrogens (tertiary/aromatic N) is 1. The maximum Gasteiger partial charge on any atom is 0.134 e. The van der Waals surface area contributed by atoms with Crippen molar-refractivity contribution in [1.29, 1.82) is 0 Å². The first-order chi connectivity index (χ1) is 8.19. The van der Waals surface area contributed by atoms with E-state index in [2.05, 4.69) is 11.9 Å². The quantitative estimate of drug-likeness (QED) is 0.750. The monoisotopic (exact) mass is 267 g/mol. The summed E-state index contributed by atoms with van der Waals surface area (Å²) in [4.78, 5) is 3.87. The summed E-state index contributed by atoms with van der Waals surface area (Å²) in [7, 11) is 0. The number of aromatic nitrogens is 1. The fourth-order valence-corrected chi connectivity index (χ4v) is 1.96. The molecular weight excluding hydrogens is 257 g/mol. The van der Waals surface area contributed by atoms with Crippen molar-refractivity contribution < 1.29 is 4.74 Å². The standard InChI is InChI=1S/C13H11Cl2NO/c1-2-9-5-3-4-6-11(9)17-10-7-12(14)16-13(15)8-10/h3-8H,2H2,1H3. The van der Waals surface area contributed by atoms with Crippen LogP contribution in [0.1, 0.15) is 12.5 Å². The summed E-state index contributed by atoms with van der Waals surface area (Å²) in [6, 6.07) is 11.1. The second-order valence-corrected chi connectivity index (χ2v) is 4.29. The van der Waals surface area contributed by atoms with E-state index in [9.17, 15) is 0 Å². The third-order valence-corrected chi connectivity index (χ3v) is 2.70. The van der Waals surface area contributed by atoms with Crippen LogP contribution in [0.25, 0.3) is 0 Å². The third-order valence-electron chi connectivity index (χ3n) is 2.32. The molecule has 88 valence electrons. The summed E-state index contributed by atoms with van der Waals surface area (Å²) in [6.07, 6.45) is 0.905. The molecule has 17 heavy (non-hydrogen) atoms. The number of ether oxygens (including phenoxy) is 1. The van der Waals surface area contributed by atoms with E-state index in [-0.39, 0.29) is 0 Å². The summed E-state index contributed by atoms with van der Waals surface area (Å²) in [5.41, 5.74) is 1.14. The highest BCUT2D eigenvalue weighted by atomic mass is 35.5. The van der Waals surface area contributed by atoms with Crippen molar-refractivity contribution >= 4 is 23.2 Å². The molecule has 0 bridgehead atoms. The fraction of sp³-hybridized carbons (Fsp3) is 0.154. The molecule has 2 nitrogen and oxygen atoms in total. The van der Waals surface area contributed by atoms with Gasteiger partial charge in [0.2, 0.25) is 0 Å². The predicted octanol–water partition coefficient (Wildman–Crippen LogP) is 4.74. The smallest absolute Gasteiger partial charge is 0.134 e. The lowest BCUT2D eigenvalue weighted by molar-refractivity contribution is 0.476.